The first-order chi connectivity index (χ1) is 18.3. The summed E-state index contributed by atoms with van der Waals surface area (Å²) in [4.78, 5) is 12.0. The summed E-state index contributed by atoms with van der Waals surface area (Å²) in [6.45, 7) is 1.61. The normalized spacial score (nSPS) is 17.0. The summed E-state index contributed by atoms with van der Waals surface area (Å²) in [5, 5.41) is 10.6. The summed E-state index contributed by atoms with van der Waals surface area (Å²) in [6, 6.07) is 22.7. The van der Waals surface area contributed by atoms with Crippen LogP contribution in [-0.2, 0) is 25.5 Å². The average Bonchev–Trinajstić information content (AvgIpc) is 3.26. The number of hydrogen-bond acceptors (Lipinski definition) is 8. The van der Waals surface area contributed by atoms with Gasteiger partial charge < -0.3 is 10.0 Å². The van der Waals surface area contributed by atoms with Crippen molar-refractivity contribution in [2.45, 2.75) is 27.9 Å². The van der Waals surface area contributed by atoms with Crippen LogP contribution in [0.25, 0.3) is 0 Å². The molecule has 4 aromatic rings. The number of fused-ring (bicyclic) bond motifs is 1. The molecule has 1 unspecified atom stereocenters. The van der Waals surface area contributed by atoms with E-state index in [1.807, 2.05) is 48.2 Å². The van der Waals surface area contributed by atoms with Crippen LogP contribution in [0.3, 0.4) is 0 Å². The van der Waals surface area contributed by atoms with Gasteiger partial charge in [-0.15, -0.1) is 11.8 Å². The third-order valence-electron chi connectivity index (χ3n) is 6.49. The fourth-order valence-corrected chi connectivity index (χ4v) is 6.45. The van der Waals surface area contributed by atoms with Gasteiger partial charge in [-0.05, 0) is 58.2 Å². The molecule has 196 valence electrons. The van der Waals surface area contributed by atoms with Crippen molar-refractivity contribution in [2.24, 2.45) is 0 Å². The standard InChI is InChI=1S/C28H26BrN3O4S2/c1-20-7-10-24(11-8-20)38(34,35)36-19-28(18-33)17-32(27-30-14-22(29)15-31-27)26-13-23(9-12-25(26)28)37-16-21-5-3-2-4-6-21/h2-15,33H,16-19H2,1H3. The maximum atomic E-state index is 13.0. The lowest BCUT2D eigenvalue weighted by molar-refractivity contribution is 0.143. The van der Waals surface area contributed by atoms with Crippen LogP contribution in [0, 0.1) is 6.92 Å². The van der Waals surface area contributed by atoms with Crippen LogP contribution in [0.4, 0.5) is 11.6 Å². The number of rotatable bonds is 9. The zero-order chi connectivity index (χ0) is 26.8. The van der Waals surface area contributed by atoms with Crippen molar-refractivity contribution in [2.75, 3.05) is 24.7 Å². The van der Waals surface area contributed by atoms with Gasteiger partial charge in [-0.2, -0.15) is 8.42 Å². The molecule has 1 N–H and O–H groups in total. The highest BCUT2D eigenvalue weighted by molar-refractivity contribution is 9.10. The highest BCUT2D eigenvalue weighted by Gasteiger charge is 2.45. The lowest BCUT2D eigenvalue weighted by atomic mass is 9.84. The zero-order valence-corrected chi connectivity index (χ0v) is 23.8. The van der Waals surface area contributed by atoms with Gasteiger partial charge in [-0.25, -0.2) is 9.97 Å². The number of nitrogens with zero attached hydrogens (tertiary/aromatic N) is 3. The smallest absolute Gasteiger partial charge is 0.297 e. The fourth-order valence-electron chi connectivity index (χ4n) is 4.38. The number of aryl methyl sites for hydroxylation is 1. The van der Waals surface area contributed by atoms with Gasteiger partial charge in [0.25, 0.3) is 10.1 Å². The minimum Gasteiger partial charge on any atom is -0.395 e. The van der Waals surface area contributed by atoms with Crippen molar-refractivity contribution >= 4 is 49.4 Å². The molecule has 38 heavy (non-hydrogen) atoms. The van der Waals surface area contributed by atoms with Crippen LogP contribution in [0.2, 0.25) is 0 Å². The summed E-state index contributed by atoms with van der Waals surface area (Å²) in [5.41, 5.74) is 2.77. The Bertz CT molecular complexity index is 1520. The Labute approximate surface area is 235 Å². The number of halogens is 1. The highest BCUT2D eigenvalue weighted by Crippen LogP contribution is 2.46. The number of thioether (sulfide) groups is 1. The summed E-state index contributed by atoms with van der Waals surface area (Å²) < 4.78 is 32.3. The van der Waals surface area contributed by atoms with E-state index in [-0.39, 0.29) is 24.7 Å². The molecule has 0 radical (unpaired) electrons. The molecule has 1 atom stereocenters. The van der Waals surface area contributed by atoms with E-state index in [4.69, 9.17) is 4.18 Å². The van der Waals surface area contributed by atoms with Gasteiger partial charge >= 0.3 is 0 Å². The third kappa shape index (κ3) is 5.64. The number of aliphatic hydroxyl groups excluding tert-OH is 1. The Balaban J connectivity index is 1.47. The summed E-state index contributed by atoms with van der Waals surface area (Å²) in [7, 11) is -4.02. The topological polar surface area (TPSA) is 92.6 Å². The Morgan fingerprint density at radius 1 is 1.05 bits per heavy atom. The Morgan fingerprint density at radius 3 is 2.45 bits per heavy atom. The fraction of sp³-hybridized carbons (Fsp3) is 0.214. The molecule has 0 spiro atoms. The van der Waals surface area contributed by atoms with Crippen LogP contribution in [0.5, 0.6) is 0 Å². The van der Waals surface area contributed by atoms with Gasteiger partial charge in [0.2, 0.25) is 5.95 Å². The number of anilines is 2. The van der Waals surface area contributed by atoms with E-state index in [0.29, 0.717) is 5.95 Å². The van der Waals surface area contributed by atoms with E-state index in [1.165, 1.54) is 17.7 Å². The molecule has 0 aliphatic carbocycles. The first kappa shape index (κ1) is 26.8. The maximum absolute atomic E-state index is 13.0. The SMILES string of the molecule is Cc1ccc(S(=O)(=O)OCC2(CO)CN(c3ncc(Br)cn3)c3cc(SCc4ccccc4)ccc32)cc1. The summed E-state index contributed by atoms with van der Waals surface area (Å²) in [6.07, 6.45) is 3.32. The van der Waals surface area contributed by atoms with Gasteiger partial charge in [-0.3, -0.25) is 4.18 Å². The molecule has 0 saturated carbocycles. The first-order valence-corrected chi connectivity index (χ1v) is 15.1. The minimum absolute atomic E-state index is 0.0789. The van der Waals surface area contributed by atoms with E-state index in [9.17, 15) is 13.5 Å². The van der Waals surface area contributed by atoms with Crippen molar-refractivity contribution in [3.8, 4) is 0 Å². The number of aromatic nitrogens is 2. The molecule has 0 amide bonds. The number of aliphatic hydroxyl groups is 1. The Hall–Kier alpha value is -2.76. The van der Waals surface area contributed by atoms with Crippen molar-refractivity contribution < 1.29 is 17.7 Å². The second-order valence-electron chi connectivity index (χ2n) is 9.21. The molecule has 0 saturated heterocycles. The number of hydrogen-bond donors (Lipinski definition) is 1. The zero-order valence-electron chi connectivity index (χ0n) is 20.6. The summed E-state index contributed by atoms with van der Waals surface area (Å²) >= 11 is 5.07. The Morgan fingerprint density at radius 2 is 1.76 bits per heavy atom. The molecule has 1 aromatic heterocycles. The van der Waals surface area contributed by atoms with Crippen molar-refractivity contribution in [3.63, 3.8) is 0 Å². The van der Waals surface area contributed by atoms with Crippen LogP contribution in [0.15, 0.2) is 99.5 Å². The molecule has 1 aliphatic rings. The van der Waals surface area contributed by atoms with Crippen molar-refractivity contribution in [1.29, 1.82) is 0 Å². The van der Waals surface area contributed by atoms with Crippen LogP contribution < -0.4 is 4.90 Å². The molecule has 2 heterocycles. The Kier molecular flexibility index (Phi) is 7.88. The first-order valence-electron chi connectivity index (χ1n) is 11.9. The molecule has 0 fully saturated rings. The quantitative estimate of drug-likeness (QED) is 0.192. The molecule has 5 rings (SSSR count). The summed E-state index contributed by atoms with van der Waals surface area (Å²) in [5.74, 6) is 1.26. The van der Waals surface area contributed by atoms with Crippen molar-refractivity contribution in [3.05, 3.63) is 106 Å². The van der Waals surface area contributed by atoms with Crippen molar-refractivity contribution in [1.82, 2.24) is 9.97 Å². The van der Waals surface area contributed by atoms with Gasteiger partial charge in [0, 0.05) is 35.3 Å². The predicted molar refractivity (Wildman–Crippen MR) is 152 cm³/mol. The largest absolute Gasteiger partial charge is 0.395 e. The molecular weight excluding hydrogens is 586 g/mol. The van der Waals surface area contributed by atoms with E-state index >= 15 is 0 Å². The minimum atomic E-state index is -4.02. The molecular formula is C28H26BrN3O4S2. The van der Waals surface area contributed by atoms with Gasteiger partial charge in [0.1, 0.15) is 0 Å². The monoisotopic (exact) mass is 611 g/mol. The molecule has 0 bridgehead atoms. The lowest BCUT2D eigenvalue weighted by Crippen LogP contribution is -2.40. The maximum Gasteiger partial charge on any atom is 0.297 e. The average molecular weight is 613 g/mol. The van der Waals surface area contributed by atoms with Crippen LogP contribution in [0.1, 0.15) is 16.7 Å². The lowest BCUT2D eigenvalue weighted by Gasteiger charge is -2.27. The van der Waals surface area contributed by atoms with Gasteiger partial charge in [0.15, 0.2) is 0 Å². The molecule has 10 heteroatoms. The highest BCUT2D eigenvalue weighted by atomic mass is 79.9. The third-order valence-corrected chi connectivity index (χ3v) is 9.24. The van der Waals surface area contributed by atoms with E-state index in [1.54, 1.807) is 36.3 Å². The molecule has 1 aliphatic heterocycles. The molecule has 3 aromatic carbocycles. The van der Waals surface area contributed by atoms with Gasteiger partial charge in [0.05, 0.1) is 28.0 Å². The second-order valence-corrected chi connectivity index (χ2v) is 12.8. The second kappa shape index (κ2) is 11.2. The van der Waals surface area contributed by atoms with Crippen LogP contribution >= 0.6 is 27.7 Å². The van der Waals surface area contributed by atoms with E-state index in [2.05, 4.69) is 38.0 Å². The van der Waals surface area contributed by atoms with Crippen LogP contribution in [-0.4, -0.2) is 43.3 Å². The van der Waals surface area contributed by atoms with E-state index < -0.39 is 15.5 Å². The predicted octanol–water partition coefficient (Wildman–Crippen LogP) is 5.63. The van der Waals surface area contributed by atoms with Gasteiger partial charge in [-0.1, -0.05) is 54.1 Å². The molecule has 7 nitrogen and oxygen atoms in total. The number of benzene rings is 3. The van der Waals surface area contributed by atoms with E-state index in [0.717, 1.165) is 31.9 Å².